The topological polar surface area (TPSA) is 54.4 Å². The van der Waals surface area contributed by atoms with Crippen molar-refractivity contribution in [3.63, 3.8) is 0 Å². The SMILES string of the molecule is COc1nc2c(cc1CO)CCNC2. The second kappa shape index (κ2) is 3.94. The van der Waals surface area contributed by atoms with E-state index in [0.717, 1.165) is 30.8 Å². The summed E-state index contributed by atoms with van der Waals surface area (Å²) >= 11 is 0. The van der Waals surface area contributed by atoms with E-state index in [2.05, 4.69) is 10.3 Å². The highest BCUT2D eigenvalue weighted by atomic mass is 16.5. The predicted molar refractivity (Wildman–Crippen MR) is 52.1 cm³/mol. The standard InChI is InChI=1S/C10H14N2O2/c1-14-10-8(6-13)4-7-2-3-11-5-9(7)12-10/h4,11,13H,2-3,5-6H2,1H3. The van der Waals surface area contributed by atoms with Gasteiger partial charge in [-0.25, -0.2) is 4.98 Å². The van der Waals surface area contributed by atoms with Crippen LogP contribution < -0.4 is 10.1 Å². The van der Waals surface area contributed by atoms with Gasteiger partial charge in [0.25, 0.3) is 0 Å². The van der Waals surface area contributed by atoms with E-state index in [4.69, 9.17) is 9.84 Å². The predicted octanol–water partition coefficient (Wildman–Crippen LogP) is 0.228. The lowest BCUT2D eigenvalue weighted by atomic mass is 10.0. The second-order valence-corrected chi connectivity index (χ2v) is 3.35. The highest BCUT2D eigenvalue weighted by molar-refractivity contribution is 5.35. The maximum atomic E-state index is 9.12. The molecule has 1 aliphatic rings. The van der Waals surface area contributed by atoms with Crippen LogP contribution in [0.4, 0.5) is 0 Å². The number of rotatable bonds is 2. The average Bonchev–Trinajstić information content (AvgIpc) is 2.27. The molecule has 1 aromatic rings. The van der Waals surface area contributed by atoms with Gasteiger partial charge in [-0.2, -0.15) is 0 Å². The Bertz CT molecular complexity index is 295. The van der Waals surface area contributed by atoms with Gasteiger partial charge >= 0.3 is 0 Å². The van der Waals surface area contributed by atoms with Crippen LogP contribution in [0.5, 0.6) is 5.88 Å². The molecule has 0 aromatic carbocycles. The van der Waals surface area contributed by atoms with E-state index in [-0.39, 0.29) is 6.61 Å². The third-order valence-electron chi connectivity index (χ3n) is 2.46. The van der Waals surface area contributed by atoms with E-state index < -0.39 is 0 Å². The van der Waals surface area contributed by atoms with Crippen molar-refractivity contribution in [1.29, 1.82) is 0 Å². The largest absolute Gasteiger partial charge is 0.481 e. The summed E-state index contributed by atoms with van der Waals surface area (Å²) in [6.45, 7) is 1.75. The third kappa shape index (κ3) is 1.58. The van der Waals surface area contributed by atoms with Crippen LogP contribution in [0.25, 0.3) is 0 Å². The quantitative estimate of drug-likeness (QED) is 0.707. The monoisotopic (exact) mass is 194 g/mol. The fourth-order valence-corrected chi connectivity index (χ4v) is 1.71. The summed E-state index contributed by atoms with van der Waals surface area (Å²) in [7, 11) is 1.57. The van der Waals surface area contributed by atoms with Crippen LogP contribution in [-0.2, 0) is 19.6 Å². The van der Waals surface area contributed by atoms with E-state index in [9.17, 15) is 0 Å². The van der Waals surface area contributed by atoms with Crippen molar-refractivity contribution in [3.05, 3.63) is 22.9 Å². The average molecular weight is 194 g/mol. The van der Waals surface area contributed by atoms with Gasteiger partial charge in [0, 0.05) is 12.1 Å². The Labute approximate surface area is 82.9 Å². The summed E-state index contributed by atoms with van der Waals surface area (Å²) in [5, 5.41) is 12.4. The van der Waals surface area contributed by atoms with E-state index >= 15 is 0 Å². The molecular formula is C10H14N2O2. The van der Waals surface area contributed by atoms with Crippen molar-refractivity contribution >= 4 is 0 Å². The summed E-state index contributed by atoms with van der Waals surface area (Å²) in [5.74, 6) is 0.537. The molecule has 0 aliphatic carbocycles. The molecule has 76 valence electrons. The normalized spacial score (nSPS) is 15.0. The van der Waals surface area contributed by atoms with Gasteiger partial charge in [0.2, 0.25) is 5.88 Å². The van der Waals surface area contributed by atoms with Crippen LogP contribution in [0.3, 0.4) is 0 Å². The fraction of sp³-hybridized carbons (Fsp3) is 0.500. The number of nitrogens with zero attached hydrogens (tertiary/aromatic N) is 1. The van der Waals surface area contributed by atoms with Gasteiger partial charge in [0.05, 0.1) is 19.4 Å². The number of hydrogen-bond acceptors (Lipinski definition) is 4. The van der Waals surface area contributed by atoms with Crippen LogP contribution in [0, 0.1) is 0 Å². The maximum absolute atomic E-state index is 9.12. The number of aromatic nitrogens is 1. The first-order chi connectivity index (χ1) is 6.85. The van der Waals surface area contributed by atoms with Crippen molar-refractivity contribution < 1.29 is 9.84 Å². The van der Waals surface area contributed by atoms with Crippen LogP contribution in [-0.4, -0.2) is 23.7 Å². The number of aliphatic hydroxyl groups excluding tert-OH is 1. The molecule has 4 heteroatoms. The van der Waals surface area contributed by atoms with E-state index in [1.807, 2.05) is 6.07 Å². The molecule has 0 atom stereocenters. The molecule has 1 aliphatic heterocycles. The number of hydrogen-bond donors (Lipinski definition) is 2. The molecule has 0 spiro atoms. The lowest BCUT2D eigenvalue weighted by Gasteiger charge is -2.18. The summed E-state index contributed by atoms with van der Waals surface area (Å²) in [5.41, 5.74) is 3.02. The molecule has 0 saturated heterocycles. The molecule has 1 aromatic heterocycles. The summed E-state index contributed by atoms with van der Waals surface area (Å²) in [4.78, 5) is 4.36. The molecule has 0 bridgehead atoms. The van der Waals surface area contributed by atoms with Gasteiger partial charge in [-0.05, 0) is 24.6 Å². The Hall–Kier alpha value is -1.13. The zero-order chi connectivity index (χ0) is 9.97. The molecule has 4 nitrogen and oxygen atoms in total. The highest BCUT2D eigenvalue weighted by Gasteiger charge is 2.14. The van der Waals surface area contributed by atoms with Crippen molar-refractivity contribution in [3.8, 4) is 5.88 Å². The minimum atomic E-state index is -0.0170. The van der Waals surface area contributed by atoms with E-state index in [0.29, 0.717) is 5.88 Å². The third-order valence-corrected chi connectivity index (χ3v) is 2.46. The molecule has 14 heavy (non-hydrogen) atoms. The first kappa shape index (κ1) is 9.43. The van der Waals surface area contributed by atoms with Gasteiger partial charge in [0.15, 0.2) is 0 Å². The van der Waals surface area contributed by atoms with Crippen LogP contribution in [0.2, 0.25) is 0 Å². The number of methoxy groups -OCH3 is 1. The first-order valence-electron chi connectivity index (χ1n) is 4.72. The lowest BCUT2D eigenvalue weighted by molar-refractivity contribution is 0.271. The Balaban J connectivity index is 2.43. The van der Waals surface area contributed by atoms with Crippen molar-refractivity contribution in [2.75, 3.05) is 13.7 Å². The molecule has 2 heterocycles. The molecule has 0 fully saturated rings. The molecule has 0 unspecified atom stereocenters. The Morgan fingerprint density at radius 3 is 3.21 bits per heavy atom. The van der Waals surface area contributed by atoms with Crippen LogP contribution in [0.15, 0.2) is 6.07 Å². The second-order valence-electron chi connectivity index (χ2n) is 3.35. The molecular weight excluding hydrogens is 180 g/mol. The van der Waals surface area contributed by atoms with Crippen LogP contribution >= 0.6 is 0 Å². The summed E-state index contributed by atoms with van der Waals surface area (Å²) in [6, 6.07) is 1.99. The zero-order valence-electron chi connectivity index (χ0n) is 8.21. The summed E-state index contributed by atoms with van der Waals surface area (Å²) in [6.07, 6.45) is 0.972. The fourth-order valence-electron chi connectivity index (χ4n) is 1.71. The number of aliphatic hydroxyl groups is 1. The number of fused-ring (bicyclic) bond motifs is 1. The lowest BCUT2D eigenvalue weighted by Crippen LogP contribution is -2.25. The van der Waals surface area contributed by atoms with E-state index in [1.54, 1.807) is 7.11 Å². The van der Waals surface area contributed by atoms with Crippen molar-refractivity contribution in [2.24, 2.45) is 0 Å². The van der Waals surface area contributed by atoms with Gasteiger partial charge in [0.1, 0.15) is 0 Å². The molecule has 0 amide bonds. The Morgan fingerprint density at radius 2 is 2.50 bits per heavy atom. The van der Waals surface area contributed by atoms with Gasteiger partial charge in [-0.15, -0.1) is 0 Å². The molecule has 2 N–H and O–H groups in total. The molecule has 0 saturated carbocycles. The minimum absolute atomic E-state index is 0.0170. The number of pyridine rings is 1. The minimum Gasteiger partial charge on any atom is -0.481 e. The smallest absolute Gasteiger partial charge is 0.218 e. The molecule has 0 radical (unpaired) electrons. The van der Waals surface area contributed by atoms with Crippen molar-refractivity contribution in [2.45, 2.75) is 19.6 Å². The first-order valence-corrected chi connectivity index (χ1v) is 4.72. The molecule has 2 rings (SSSR count). The van der Waals surface area contributed by atoms with Gasteiger partial charge < -0.3 is 15.2 Å². The van der Waals surface area contributed by atoms with Crippen LogP contribution in [0.1, 0.15) is 16.8 Å². The van der Waals surface area contributed by atoms with E-state index in [1.165, 1.54) is 5.56 Å². The van der Waals surface area contributed by atoms with Crippen molar-refractivity contribution in [1.82, 2.24) is 10.3 Å². The number of ether oxygens (including phenoxy) is 1. The maximum Gasteiger partial charge on any atom is 0.218 e. The highest BCUT2D eigenvalue weighted by Crippen LogP contribution is 2.21. The Morgan fingerprint density at radius 1 is 1.64 bits per heavy atom. The Kier molecular flexibility index (Phi) is 2.65. The zero-order valence-corrected chi connectivity index (χ0v) is 8.21. The van der Waals surface area contributed by atoms with Gasteiger partial charge in [-0.1, -0.05) is 0 Å². The van der Waals surface area contributed by atoms with Gasteiger partial charge in [-0.3, -0.25) is 0 Å². The number of nitrogens with one attached hydrogen (secondary N) is 1. The summed E-state index contributed by atoms with van der Waals surface area (Å²) < 4.78 is 5.10.